The molecule has 0 spiro atoms. The predicted molar refractivity (Wildman–Crippen MR) is 62.0 cm³/mol. The molecular weight excluding hydrogens is 222 g/mol. The lowest BCUT2D eigenvalue weighted by molar-refractivity contribution is 0.0596. The molecule has 1 aromatic carbocycles. The fraction of sp³-hybridized carbons (Fsp3) is 0.167. The molecule has 1 amide bonds. The van der Waals surface area contributed by atoms with E-state index in [-0.39, 0.29) is 23.5 Å². The van der Waals surface area contributed by atoms with E-state index in [2.05, 4.69) is 11.3 Å². The number of carbonyl (C=O) groups excluding carboxylic acids is 2. The Morgan fingerprint density at radius 3 is 2.71 bits per heavy atom. The number of nitrogens with two attached hydrogens (primary N) is 1. The molecule has 1 aromatic rings. The van der Waals surface area contributed by atoms with Gasteiger partial charge in [-0.25, -0.2) is 4.79 Å². The van der Waals surface area contributed by atoms with Gasteiger partial charge in [0.1, 0.15) is 12.4 Å². The van der Waals surface area contributed by atoms with Crippen LogP contribution in [-0.2, 0) is 4.74 Å². The maximum Gasteiger partial charge on any atom is 0.338 e. The topological polar surface area (TPSA) is 78.6 Å². The van der Waals surface area contributed by atoms with Crippen LogP contribution in [0.2, 0.25) is 0 Å². The zero-order valence-corrected chi connectivity index (χ0v) is 9.43. The first kappa shape index (κ1) is 12.8. The van der Waals surface area contributed by atoms with E-state index >= 15 is 0 Å². The summed E-state index contributed by atoms with van der Waals surface area (Å²) in [6.45, 7) is 3.70. The Hall–Kier alpha value is -2.30. The highest BCUT2D eigenvalue weighted by molar-refractivity contribution is 6.06. The second-order valence-electron chi connectivity index (χ2n) is 3.13. The van der Waals surface area contributed by atoms with Crippen molar-refractivity contribution in [2.75, 3.05) is 13.7 Å². The highest BCUT2D eigenvalue weighted by atomic mass is 16.5. The SMILES string of the molecule is C=CCOc1cccc(C(=O)OC)c1C(N)=O. The van der Waals surface area contributed by atoms with Gasteiger partial charge < -0.3 is 15.2 Å². The van der Waals surface area contributed by atoms with Crippen LogP contribution in [0.4, 0.5) is 0 Å². The summed E-state index contributed by atoms with van der Waals surface area (Å²) in [7, 11) is 1.23. The van der Waals surface area contributed by atoms with Gasteiger partial charge in [-0.2, -0.15) is 0 Å². The summed E-state index contributed by atoms with van der Waals surface area (Å²) in [4.78, 5) is 22.8. The number of hydrogen-bond acceptors (Lipinski definition) is 4. The van der Waals surface area contributed by atoms with E-state index in [1.807, 2.05) is 0 Å². The average molecular weight is 235 g/mol. The molecule has 0 saturated heterocycles. The fourth-order valence-corrected chi connectivity index (χ4v) is 1.33. The monoisotopic (exact) mass is 235 g/mol. The summed E-state index contributed by atoms with van der Waals surface area (Å²) in [6.07, 6.45) is 1.52. The molecule has 0 aliphatic carbocycles. The van der Waals surface area contributed by atoms with Gasteiger partial charge in [-0.3, -0.25) is 4.79 Å². The molecule has 0 unspecified atom stereocenters. The summed E-state index contributed by atoms with van der Waals surface area (Å²) in [6, 6.07) is 4.58. The zero-order valence-electron chi connectivity index (χ0n) is 9.43. The quantitative estimate of drug-likeness (QED) is 0.613. The van der Waals surface area contributed by atoms with E-state index in [0.29, 0.717) is 0 Å². The van der Waals surface area contributed by atoms with E-state index in [4.69, 9.17) is 10.5 Å². The highest BCUT2D eigenvalue weighted by Gasteiger charge is 2.20. The first-order valence-electron chi connectivity index (χ1n) is 4.86. The van der Waals surface area contributed by atoms with E-state index in [1.165, 1.54) is 19.3 Å². The summed E-state index contributed by atoms with van der Waals surface area (Å²) in [5.41, 5.74) is 5.33. The highest BCUT2D eigenvalue weighted by Crippen LogP contribution is 2.22. The minimum absolute atomic E-state index is 0.0150. The van der Waals surface area contributed by atoms with Crippen LogP contribution in [0.1, 0.15) is 20.7 Å². The number of amides is 1. The van der Waals surface area contributed by atoms with Gasteiger partial charge in [0.2, 0.25) is 0 Å². The molecule has 0 bridgehead atoms. The minimum Gasteiger partial charge on any atom is -0.489 e. The molecule has 0 fully saturated rings. The first-order chi connectivity index (χ1) is 8.11. The second kappa shape index (κ2) is 5.69. The fourth-order valence-electron chi connectivity index (χ4n) is 1.33. The van der Waals surface area contributed by atoms with Gasteiger partial charge in [0, 0.05) is 0 Å². The average Bonchev–Trinajstić information content (AvgIpc) is 2.34. The van der Waals surface area contributed by atoms with E-state index in [1.54, 1.807) is 12.1 Å². The first-order valence-corrected chi connectivity index (χ1v) is 4.86. The molecule has 5 heteroatoms. The number of rotatable bonds is 5. The van der Waals surface area contributed by atoms with Gasteiger partial charge >= 0.3 is 5.97 Å². The number of ether oxygens (including phenoxy) is 2. The van der Waals surface area contributed by atoms with Gasteiger partial charge in [-0.15, -0.1) is 0 Å². The van der Waals surface area contributed by atoms with Gasteiger partial charge in [0.15, 0.2) is 0 Å². The number of hydrogen-bond donors (Lipinski definition) is 1. The third-order valence-electron chi connectivity index (χ3n) is 2.03. The lowest BCUT2D eigenvalue weighted by Gasteiger charge is -2.10. The third-order valence-corrected chi connectivity index (χ3v) is 2.03. The summed E-state index contributed by atoms with van der Waals surface area (Å²) in [5, 5.41) is 0. The van der Waals surface area contributed by atoms with Crippen LogP contribution in [-0.4, -0.2) is 25.6 Å². The molecule has 0 aliphatic rings. The maximum atomic E-state index is 11.5. The summed E-state index contributed by atoms with van der Waals surface area (Å²) in [5.74, 6) is -1.15. The smallest absolute Gasteiger partial charge is 0.338 e. The Labute approximate surface area is 98.8 Å². The molecule has 0 aliphatic heterocycles. The lowest BCUT2D eigenvalue weighted by Crippen LogP contribution is -2.18. The summed E-state index contributed by atoms with van der Waals surface area (Å²) < 4.78 is 9.82. The van der Waals surface area contributed by atoms with Crippen molar-refractivity contribution in [2.24, 2.45) is 5.73 Å². The molecule has 0 saturated carbocycles. The van der Waals surface area contributed by atoms with Crippen molar-refractivity contribution < 1.29 is 19.1 Å². The predicted octanol–water partition coefficient (Wildman–Crippen LogP) is 1.14. The van der Waals surface area contributed by atoms with Gasteiger partial charge in [0.25, 0.3) is 5.91 Å². The van der Waals surface area contributed by atoms with Gasteiger partial charge in [0.05, 0.1) is 18.2 Å². The van der Waals surface area contributed by atoms with Crippen molar-refractivity contribution in [1.29, 1.82) is 0 Å². The number of primary amides is 1. The molecule has 5 nitrogen and oxygen atoms in total. The zero-order chi connectivity index (χ0) is 12.8. The summed E-state index contributed by atoms with van der Waals surface area (Å²) >= 11 is 0. The van der Waals surface area contributed by atoms with Crippen LogP contribution in [0.3, 0.4) is 0 Å². The van der Waals surface area contributed by atoms with Crippen LogP contribution in [0, 0.1) is 0 Å². The van der Waals surface area contributed by atoms with Crippen molar-refractivity contribution >= 4 is 11.9 Å². The Bertz CT molecular complexity index is 454. The maximum absolute atomic E-state index is 11.5. The van der Waals surface area contributed by atoms with E-state index in [0.717, 1.165) is 0 Å². The molecule has 0 aromatic heterocycles. The standard InChI is InChI=1S/C12H13NO4/c1-3-7-17-9-6-4-5-8(12(15)16-2)10(9)11(13)14/h3-6H,1,7H2,2H3,(H2,13,14). The Morgan fingerprint density at radius 1 is 1.47 bits per heavy atom. The van der Waals surface area contributed by atoms with Crippen molar-refractivity contribution in [3.63, 3.8) is 0 Å². The molecule has 17 heavy (non-hydrogen) atoms. The molecular formula is C12H13NO4. The van der Waals surface area contributed by atoms with Gasteiger partial charge in [-0.1, -0.05) is 18.7 Å². The molecule has 1 rings (SSSR count). The Morgan fingerprint density at radius 2 is 2.18 bits per heavy atom. The molecule has 0 heterocycles. The Kier molecular flexibility index (Phi) is 4.28. The largest absolute Gasteiger partial charge is 0.489 e. The number of carbonyl (C=O) groups is 2. The van der Waals surface area contributed by atoms with Crippen LogP contribution >= 0.6 is 0 Å². The van der Waals surface area contributed by atoms with Crippen molar-refractivity contribution in [3.8, 4) is 5.75 Å². The van der Waals surface area contributed by atoms with E-state index in [9.17, 15) is 9.59 Å². The van der Waals surface area contributed by atoms with Crippen LogP contribution < -0.4 is 10.5 Å². The van der Waals surface area contributed by atoms with Crippen molar-refractivity contribution in [1.82, 2.24) is 0 Å². The number of esters is 1. The van der Waals surface area contributed by atoms with Crippen LogP contribution in [0.25, 0.3) is 0 Å². The van der Waals surface area contributed by atoms with Crippen molar-refractivity contribution in [2.45, 2.75) is 0 Å². The number of benzene rings is 1. The molecule has 0 atom stereocenters. The molecule has 2 N–H and O–H groups in total. The van der Waals surface area contributed by atoms with Gasteiger partial charge in [-0.05, 0) is 12.1 Å². The minimum atomic E-state index is -0.745. The lowest BCUT2D eigenvalue weighted by atomic mass is 10.1. The van der Waals surface area contributed by atoms with Crippen molar-refractivity contribution in [3.05, 3.63) is 42.0 Å². The molecule has 90 valence electrons. The Balaban J connectivity index is 3.26. The van der Waals surface area contributed by atoms with Crippen LogP contribution in [0.5, 0.6) is 5.75 Å². The normalized spacial score (nSPS) is 9.47. The molecule has 0 radical (unpaired) electrons. The third kappa shape index (κ3) is 2.84. The van der Waals surface area contributed by atoms with E-state index < -0.39 is 11.9 Å². The number of methoxy groups -OCH3 is 1. The van der Waals surface area contributed by atoms with Crippen LogP contribution in [0.15, 0.2) is 30.9 Å². The second-order valence-corrected chi connectivity index (χ2v) is 3.13.